The second kappa shape index (κ2) is 6.41. The molecule has 0 unspecified atom stereocenters. The Morgan fingerprint density at radius 1 is 1.42 bits per heavy atom. The first kappa shape index (κ1) is 13.6. The number of rotatable bonds is 5. The minimum Gasteiger partial charge on any atom is -0.496 e. The van der Waals surface area contributed by atoms with Crippen LogP contribution in [-0.4, -0.2) is 17.2 Å². The minimum absolute atomic E-state index is 0.105. The SMILES string of the molecule is COc1cc(NCc2cccnc2)c(Cl)cc1CO. The molecule has 0 atom stereocenters. The fourth-order valence-electron chi connectivity index (χ4n) is 1.74. The van der Waals surface area contributed by atoms with Crippen molar-refractivity contribution >= 4 is 17.3 Å². The average molecular weight is 279 g/mol. The van der Waals surface area contributed by atoms with Crippen molar-refractivity contribution in [2.24, 2.45) is 0 Å². The third-order valence-corrected chi connectivity index (χ3v) is 3.06. The van der Waals surface area contributed by atoms with Crippen LogP contribution in [0.1, 0.15) is 11.1 Å². The maximum absolute atomic E-state index is 9.21. The number of methoxy groups -OCH3 is 1. The highest BCUT2D eigenvalue weighted by atomic mass is 35.5. The van der Waals surface area contributed by atoms with Gasteiger partial charge in [-0.2, -0.15) is 0 Å². The van der Waals surface area contributed by atoms with Gasteiger partial charge in [0.1, 0.15) is 5.75 Å². The van der Waals surface area contributed by atoms with Gasteiger partial charge in [-0.25, -0.2) is 0 Å². The minimum atomic E-state index is -0.105. The lowest BCUT2D eigenvalue weighted by atomic mass is 10.2. The van der Waals surface area contributed by atoms with Crippen molar-refractivity contribution in [3.05, 3.63) is 52.8 Å². The van der Waals surface area contributed by atoms with E-state index in [4.69, 9.17) is 16.3 Å². The molecule has 0 fully saturated rings. The van der Waals surface area contributed by atoms with E-state index in [0.717, 1.165) is 11.3 Å². The number of nitrogens with zero attached hydrogens (tertiary/aromatic N) is 1. The summed E-state index contributed by atoms with van der Waals surface area (Å²) in [5.74, 6) is 0.612. The molecule has 0 radical (unpaired) electrons. The topological polar surface area (TPSA) is 54.4 Å². The van der Waals surface area contributed by atoms with Crippen molar-refractivity contribution in [3.8, 4) is 5.75 Å². The predicted octanol–water partition coefficient (Wildman–Crippen LogP) is 2.85. The number of anilines is 1. The van der Waals surface area contributed by atoms with Gasteiger partial charge in [-0.3, -0.25) is 4.98 Å². The van der Waals surface area contributed by atoms with Crippen LogP contribution in [0.4, 0.5) is 5.69 Å². The van der Waals surface area contributed by atoms with Gasteiger partial charge in [0.25, 0.3) is 0 Å². The normalized spacial score (nSPS) is 10.3. The fourth-order valence-corrected chi connectivity index (χ4v) is 2.00. The monoisotopic (exact) mass is 278 g/mol. The van der Waals surface area contributed by atoms with Crippen LogP contribution < -0.4 is 10.1 Å². The Hall–Kier alpha value is -1.78. The second-order valence-electron chi connectivity index (χ2n) is 4.02. The molecular formula is C14H15ClN2O2. The Morgan fingerprint density at radius 3 is 2.89 bits per heavy atom. The number of ether oxygens (including phenoxy) is 1. The third kappa shape index (κ3) is 3.36. The van der Waals surface area contributed by atoms with Crippen molar-refractivity contribution in [3.63, 3.8) is 0 Å². The third-order valence-electron chi connectivity index (χ3n) is 2.75. The highest BCUT2D eigenvalue weighted by Gasteiger charge is 2.08. The molecule has 2 aromatic rings. The maximum atomic E-state index is 9.21. The summed E-state index contributed by atoms with van der Waals surface area (Å²) in [5, 5.41) is 13.0. The number of aliphatic hydroxyl groups is 1. The molecule has 2 N–H and O–H groups in total. The summed E-state index contributed by atoms with van der Waals surface area (Å²) in [6, 6.07) is 7.34. The van der Waals surface area contributed by atoms with E-state index in [1.54, 1.807) is 31.6 Å². The van der Waals surface area contributed by atoms with E-state index in [1.165, 1.54) is 0 Å². The Morgan fingerprint density at radius 2 is 2.26 bits per heavy atom. The van der Waals surface area contributed by atoms with Crippen LogP contribution >= 0.6 is 11.6 Å². The molecule has 0 aliphatic heterocycles. The standard InChI is InChI=1S/C14H15ClN2O2/c1-19-14-6-13(12(15)5-11(14)9-18)17-8-10-3-2-4-16-7-10/h2-7,17-18H,8-9H2,1H3. The Kier molecular flexibility index (Phi) is 4.60. The van der Waals surface area contributed by atoms with Gasteiger partial charge in [0.05, 0.1) is 24.4 Å². The average Bonchev–Trinajstić information content (AvgIpc) is 2.46. The van der Waals surface area contributed by atoms with Crippen molar-refractivity contribution in [1.29, 1.82) is 0 Å². The first-order valence-electron chi connectivity index (χ1n) is 5.84. The summed E-state index contributed by atoms with van der Waals surface area (Å²) >= 11 is 6.16. The second-order valence-corrected chi connectivity index (χ2v) is 4.42. The summed E-state index contributed by atoms with van der Waals surface area (Å²) in [6.45, 7) is 0.515. The molecule has 0 aliphatic rings. The van der Waals surface area contributed by atoms with Crippen molar-refractivity contribution in [2.45, 2.75) is 13.2 Å². The zero-order valence-electron chi connectivity index (χ0n) is 10.6. The highest BCUT2D eigenvalue weighted by molar-refractivity contribution is 6.33. The highest BCUT2D eigenvalue weighted by Crippen LogP contribution is 2.31. The zero-order valence-corrected chi connectivity index (χ0v) is 11.3. The lowest BCUT2D eigenvalue weighted by molar-refractivity contribution is 0.274. The Labute approximate surface area is 117 Å². The van der Waals surface area contributed by atoms with Crippen LogP contribution in [0.2, 0.25) is 5.02 Å². The molecular weight excluding hydrogens is 264 g/mol. The van der Waals surface area contributed by atoms with E-state index in [1.807, 2.05) is 12.1 Å². The van der Waals surface area contributed by atoms with Gasteiger partial charge in [-0.05, 0) is 17.7 Å². The van der Waals surface area contributed by atoms with E-state index in [0.29, 0.717) is 22.9 Å². The number of benzene rings is 1. The maximum Gasteiger partial charge on any atom is 0.126 e. The zero-order chi connectivity index (χ0) is 13.7. The summed E-state index contributed by atoms with van der Waals surface area (Å²) in [4.78, 5) is 4.05. The molecule has 1 aromatic heterocycles. The van der Waals surface area contributed by atoms with E-state index in [2.05, 4.69) is 10.3 Å². The van der Waals surface area contributed by atoms with Gasteiger partial charge in [0.15, 0.2) is 0 Å². The molecule has 100 valence electrons. The van der Waals surface area contributed by atoms with E-state index < -0.39 is 0 Å². The quantitative estimate of drug-likeness (QED) is 0.883. The molecule has 0 saturated heterocycles. The largest absolute Gasteiger partial charge is 0.496 e. The van der Waals surface area contributed by atoms with Gasteiger partial charge < -0.3 is 15.2 Å². The van der Waals surface area contributed by atoms with Gasteiger partial charge >= 0.3 is 0 Å². The Bertz CT molecular complexity index is 547. The molecule has 0 spiro atoms. The summed E-state index contributed by atoms with van der Waals surface area (Å²) < 4.78 is 5.21. The molecule has 2 rings (SSSR count). The number of hydrogen-bond donors (Lipinski definition) is 2. The molecule has 4 nitrogen and oxygen atoms in total. The fraction of sp³-hybridized carbons (Fsp3) is 0.214. The van der Waals surface area contributed by atoms with Gasteiger partial charge in [0.2, 0.25) is 0 Å². The molecule has 0 amide bonds. The number of aliphatic hydroxyl groups excluding tert-OH is 1. The van der Waals surface area contributed by atoms with Crippen molar-refractivity contribution in [1.82, 2.24) is 4.98 Å². The molecule has 0 bridgehead atoms. The summed E-state index contributed by atoms with van der Waals surface area (Å²) in [7, 11) is 1.56. The first-order chi connectivity index (χ1) is 9.24. The first-order valence-corrected chi connectivity index (χ1v) is 6.22. The lowest BCUT2D eigenvalue weighted by Gasteiger charge is -2.13. The molecule has 5 heteroatoms. The van der Waals surface area contributed by atoms with Crippen LogP contribution in [0.3, 0.4) is 0 Å². The van der Waals surface area contributed by atoms with E-state index >= 15 is 0 Å². The number of hydrogen-bond acceptors (Lipinski definition) is 4. The number of aromatic nitrogens is 1. The predicted molar refractivity (Wildman–Crippen MR) is 75.5 cm³/mol. The molecule has 0 aliphatic carbocycles. The molecule has 1 heterocycles. The number of pyridine rings is 1. The van der Waals surface area contributed by atoms with Gasteiger partial charge in [-0.15, -0.1) is 0 Å². The smallest absolute Gasteiger partial charge is 0.126 e. The van der Waals surface area contributed by atoms with Gasteiger partial charge in [0, 0.05) is 30.6 Å². The van der Waals surface area contributed by atoms with Crippen molar-refractivity contribution < 1.29 is 9.84 Å². The van der Waals surface area contributed by atoms with Gasteiger partial charge in [-0.1, -0.05) is 17.7 Å². The van der Waals surface area contributed by atoms with Crippen LogP contribution in [0.15, 0.2) is 36.7 Å². The Balaban J connectivity index is 2.16. The summed E-state index contributed by atoms with van der Waals surface area (Å²) in [5.41, 5.74) is 2.49. The number of nitrogens with one attached hydrogen (secondary N) is 1. The van der Waals surface area contributed by atoms with E-state index in [9.17, 15) is 5.11 Å². The van der Waals surface area contributed by atoms with Crippen LogP contribution in [0.5, 0.6) is 5.75 Å². The number of halogens is 1. The van der Waals surface area contributed by atoms with Crippen molar-refractivity contribution in [2.75, 3.05) is 12.4 Å². The van der Waals surface area contributed by atoms with Crippen LogP contribution in [0, 0.1) is 0 Å². The molecule has 19 heavy (non-hydrogen) atoms. The van der Waals surface area contributed by atoms with Crippen LogP contribution in [0.25, 0.3) is 0 Å². The van der Waals surface area contributed by atoms with E-state index in [-0.39, 0.29) is 6.61 Å². The molecule has 0 saturated carbocycles. The summed E-state index contributed by atoms with van der Waals surface area (Å²) in [6.07, 6.45) is 3.52. The molecule has 1 aromatic carbocycles. The lowest BCUT2D eigenvalue weighted by Crippen LogP contribution is -2.02. The van der Waals surface area contributed by atoms with Crippen LogP contribution in [-0.2, 0) is 13.2 Å².